The van der Waals surface area contributed by atoms with E-state index in [2.05, 4.69) is 33.0 Å². The first-order valence-electron chi connectivity index (χ1n) is 13.8. The van der Waals surface area contributed by atoms with E-state index in [1.807, 2.05) is 29.8 Å². The molecule has 3 aromatic rings. The molecule has 0 unspecified atom stereocenters. The second-order valence-electron chi connectivity index (χ2n) is 10.5. The number of fused-ring (bicyclic) bond motifs is 1. The van der Waals surface area contributed by atoms with Crippen molar-refractivity contribution in [2.24, 2.45) is 7.05 Å². The fourth-order valence-electron chi connectivity index (χ4n) is 5.50. The predicted octanol–water partition coefficient (Wildman–Crippen LogP) is 2.76. The van der Waals surface area contributed by atoms with E-state index >= 15 is 0 Å². The normalized spacial score (nSPS) is 18.0. The number of morpholine rings is 1. The van der Waals surface area contributed by atoms with Gasteiger partial charge in [0.15, 0.2) is 0 Å². The minimum Gasteiger partial charge on any atom is -0.395 e. The molecule has 2 aromatic carbocycles. The zero-order valence-electron chi connectivity index (χ0n) is 22.8. The largest absolute Gasteiger partial charge is 0.395 e. The van der Waals surface area contributed by atoms with Crippen molar-refractivity contribution in [3.8, 4) is 11.8 Å². The van der Waals surface area contributed by atoms with Crippen LogP contribution < -0.4 is 10.7 Å². The van der Waals surface area contributed by atoms with Crippen LogP contribution in [0.2, 0.25) is 5.02 Å². The van der Waals surface area contributed by atoms with E-state index in [4.69, 9.17) is 16.3 Å². The van der Waals surface area contributed by atoms with Crippen molar-refractivity contribution in [1.29, 1.82) is 0 Å². The average molecular weight is 563 g/mol. The highest BCUT2D eigenvalue weighted by Gasteiger charge is 2.23. The Morgan fingerprint density at radius 2 is 1.93 bits per heavy atom. The molecule has 2 fully saturated rings. The maximum Gasteiger partial charge on any atom is 0.257 e. The molecular weight excluding hydrogens is 528 g/mol. The Morgan fingerprint density at radius 3 is 2.67 bits per heavy atom. The maximum absolute atomic E-state index is 13.7. The van der Waals surface area contributed by atoms with Gasteiger partial charge in [-0.1, -0.05) is 35.6 Å². The summed E-state index contributed by atoms with van der Waals surface area (Å²) in [5.41, 5.74) is 3.11. The van der Waals surface area contributed by atoms with Gasteiger partial charge >= 0.3 is 0 Å². The number of rotatable bonds is 7. The number of nitrogens with zero attached hydrogens (tertiary/aromatic N) is 3. The number of aliphatic hydroxyl groups is 1. The molecule has 2 aliphatic heterocycles. The van der Waals surface area contributed by atoms with Crippen LogP contribution in [0.5, 0.6) is 0 Å². The molecule has 5 rings (SSSR count). The van der Waals surface area contributed by atoms with Gasteiger partial charge in [0.05, 0.1) is 31.9 Å². The fourth-order valence-corrected chi connectivity index (χ4v) is 5.63. The number of nitrogens with one attached hydrogen (secondary N) is 1. The summed E-state index contributed by atoms with van der Waals surface area (Å²) in [6.45, 7) is 5.58. The molecule has 0 aliphatic carbocycles. The van der Waals surface area contributed by atoms with E-state index < -0.39 is 5.91 Å². The van der Waals surface area contributed by atoms with Gasteiger partial charge in [-0.3, -0.25) is 19.4 Å². The van der Waals surface area contributed by atoms with Crippen LogP contribution in [0.1, 0.15) is 39.9 Å². The summed E-state index contributed by atoms with van der Waals surface area (Å²) in [5, 5.41) is 13.6. The summed E-state index contributed by atoms with van der Waals surface area (Å²) in [4.78, 5) is 31.4. The second-order valence-corrected chi connectivity index (χ2v) is 10.9. The number of aryl methyl sites for hydroxylation is 1. The third-order valence-corrected chi connectivity index (χ3v) is 7.92. The number of halogens is 1. The highest BCUT2D eigenvalue weighted by Crippen LogP contribution is 2.21. The topological polar surface area (TPSA) is 87.0 Å². The molecule has 1 aromatic heterocycles. The summed E-state index contributed by atoms with van der Waals surface area (Å²) in [5.74, 6) is 6.18. The highest BCUT2D eigenvalue weighted by molar-refractivity contribution is 6.30. The van der Waals surface area contributed by atoms with E-state index in [-0.39, 0.29) is 30.2 Å². The quantitative estimate of drug-likeness (QED) is 0.431. The van der Waals surface area contributed by atoms with Crippen molar-refractivity contribution in [3.63, 3.8) is 0 Å². The lowest BCUT2D eigenvalue weighted by atomic mass is 10.0. The van der Waals surface area contributed by atoms with Crippen molar-refractivity contribution in [2.45, 2.75) is 32.0 Å². The first-order chi connectivity index (χ1) is 19.4. The van der Waals surface area contributed by atoms with Gasteiger partial charge in [-0.2, -0.15) is 0 Å². The first kappa shape index (κ1) is 28.3. The number of ether oxygens (including phenoxy) is 1. The summed E-state index contributed by atoms with van der Waals surface area (Å²) in [6.07, 6.45) is 3.63. The number of amides is 1. The summed E-state index contributed by atoms with van der Waals surface area (Å²) in [7, 11) is 1.84. The predicted molar refractivity (Wildman–Crippen MR) is 156 cm³/mol. The van der Waals surface area contributed by atoms with Crippen LogP contribution in [0.3, 0.4) is 0 Å². The SMILES string of the molecule is Cn1cc(C(=O)NCc2ccc(Cl)cc2)c(=O)c2cc(CN3CCOCC3)cc(C#CCN3CCC[C@H]3CO)c21. The number of pyridine rings is 1. The van der Waals surface area contributed by atoms with Crippen LogP contribution >= 0.6 is 11.6 Å². The molecule has 0 spiro atoms. The van der Waals surface area contributed by atoms with Gasteiger partial charge in [-0.05, 0) is 54.8 Å². The summed E-state index contributed by atoms with van der Waals surface area (Å²) in [6, 6.07) is 11.3. The Morgan fingerprint density at radius 1 is 1.15 bits per heavy atom. The third-order valence-electron chi connectivity index (χ3n) is 7.67. The van der Waals surface area contributed by atoms with E-state index in [9.17, 15) is 14.7 Å². The first-order valence-corrected chi connectivity index (χ1v) is 14.1. The number of hydrogen-bond donors (Lipinski definition) is 2. The molecule has 0 radical (unpaired) electrons. The van der Waals surface area contributed by atoms with Crippen molar-refractivity contribution >= 4 is 28.4 Å². The molecule has 3 heterocycles. The number of carbonyl (C=O) groups is 1. The maximum atomic E-state index is 13.7. The van der Waals surface area contributed by atoms with Crippen LogP contribution in [0, 0.1) is 11.8 Å². The van der Waals surface area contributed by atoms with E-state index in [1.54, 1.807) is 18.3 Å². The Labute approximate surface area is 239 Å². The summed E-state index contributed by atoms with van der Waals surface area (Å²) >= 11 is 5.97. The van der Waals surface area contributed by atoms with Crippen LogP contribution in [0.4, 0.5) is 0 Å². The smallest absolute Gasteiger partial charge is 0.257 e. The van der Waals surface area contributed by atoms with Gasteiger partial charge in [-0.25, -0.2) is 0 Å². The zero-order valence-corrected chi connectivity index (χ0v) is 23.5. The number of likely N-dealkylation sites (tertiary alicyclic amines) is 1. The van der Waals surface area contributed by atoms with Gasteiger partial charge < -0.3 is 19.7 Å². The monoisotopic (exact) mass is 562 g/mol. The van der Waals surface area contributed by atoms with Gasteiger partial charge in [0.1, 0.15) is 5.56 Å². The lowest BCUT2D eigenvalue weighted by molar-refractivity contribution is 0.0342. The molecule has 2 saturated heterocycles. The van der Waals surface area contributed by atoms with Gasteiger partial charge in [0.2, 0.25) is 5.43 Å². The standard InChI is InChI=1S/C31H35ClN4O4/c1-34-20-28(31(39)33-18-22-6-8-25(32)9-7-22)30(38)27-17-23(19-35-12-14-40-15-13-35)16-24(29(27)34)4-2-10-36-11-3-5-26(36)21-37/h6-9,16-17,20,26,37H,3,5,10-15,18-19,21H2,1H3,(H,33,39)/t26-/m0/s1. The number of benzene rings is 2. The zero-order chi connectivity index (χ0) is 28.1. The molecule has 1 atom stereocenters. The van der Waals surface area contributed by atoms with Crippen molar-refractivity contribution in [2.75, 3.05) is 46.0 Å². The average Bonchev–Trinajstić information content (AvgIpc) is 3.42. The Kier molecular flexibility index (Phi) is 9.20. The second kappa shape index (κ2) is 13.0. The molecule has 8 nitrogen and oxygen atoms in total. The molecular formula is C31H35ClN4O4. The van der Waals surface area contributed by atoms with Crippen molar-refractivity contribution in [1.82, 2.24) is 19.7 Å². The molecule has 2 aliphatic rings. The van der Waals surface area contributed by atoms with E-state index in [0.29, 0.717) is 42.2 Å². The molecule has 0 saturated carbocycles. The number of hydrogen-bond acceptors (Lipinski definition) is 6. The minimum atomic E-state index is -0.423. The fraction of sp³-hybridized carbons (Fsp3) is 0.419. The number of carbonyl (C=O) groups excluding carboxylic acids is 1. The molecule has 2 N–H and O–H groups in total. The van der Waals surface area contributed by atoms with Gasteiger partial charge in [-0.15, -0.1) is 0 Å². The lowest BCUT2D eigenvalue weighted by Crippen LogP contribution is -2.35. The molecule has 9 heteroatoms. The van der Waals surface area contributed by atoms with Gasteiger partial charge in [0, 0.05) is 61.4 Å². The lowest BCUT2D eigenvalue weighted by Gasteiger charge is -2.26. The third kappa shape index (κ3) is 6.57. The highest BCUT2D eigenvalue weighted by atomic mass is 35.5. The van der Waals surface area contributed by atoms with Gasteiger partial charge in [0.25, 0.3) is 5.91 Å². The number of aromatic nitrogens is 1. The van der Waals surface area contributed by atoms with Crippen molar-refractivity contribution < 1.29 is 14.6 Å². The Hall–Kier alpha value is -3.19. The van der Waals surface area contributed by atoms with E-state index in [0.717, 1.165) is 49.2 Å². The van der Waals surface area contributed by atoms with Crippen LogP contribution in [-0.2, 0) is 24.9 Å². The van der Waals surface area contributed by atoms with E-state index in [1.165, 1.54) is 0 Å². The Bertz CT molecular complexity index is 1490. The van der Waals surface area contributed by atoms with Crippen LogP contribution in [0.25, 0.3) is 10.9 Å². The molecule has 0 bridgehead atoms. The van der Waals surface area contributed by atoms with Crippen LogP contribution in [-0.4, -0.2) is 77.4 Å². The Balaban J connectivity index is 1.48. The minimum absolute atomic E-state index is 0.0919. The molecule has 40 heavy (non-hydrogen) atoms. The number of aliphatic hydroxyl groups excluding tert-OH is 1. The molecule has 1 amide bonds. The van der Waals surface area contributed by atoms with Crippen molar-refractivity contribution in [3.05, 3.63) is 80.1 Å². The molecule has 210 valence electrons. The van der Waals surface area contributed by atoms with Crippen LogP contribution in [0.15, 0.2) is 47.4 Å². The summed E-state index contributed by atoms with van der Waals surface area (Å²) < 4.78 is 7.32.